The summed E-state index contributed by atoms with van der Waals surface area (Å²) in [6.07, 6.45) is 2.53. The summed E-state index contributed by atoms with van der Waals surface area (Å²) in [4.78, 5) is 23.4. The van der Waals surface area contributed by atoms with E-state index >= 15 is 0 Å². The minimum absolute atomic E-state index is 0.00511. The van der Waals surface area contributed by atoms with Gasteiger partial charge in [0.25, 0.3) is 5.91 Å². The average Bonchev–Trinajstić information content (AvgIpc) is 2.44. The van der Waals surface area contributed by atoms with Gasteiger partial charge >= 0.3 is 5.97 Å². The van der Waals surface area contributed by atoms with Gasteiger partial charge in [-0.05, 0) is 43.9 Å². The Hall–Kier alpha value is -2.09. The van der Waals surface area contributed by atoms with Crippen molar-refractivity contribution >= 4 is 27.6 Å². The smallest absolute Gasteiger partial charge is 0.305 e. The number of benzene rings is 1. The number of aliphatic carboxylic acids is 1. The fourth-order valence-electron chi connectivity index (χ4n) is 2.78. The highest BCUT2D eigenvalue weighted by molar-refractivity contribution is 7.92. The van der Waals surface area contributed by atoms with Gasteiger partial charge in [-0.15, -0.1) is 0 Å². The SMILES string of the molecule is CCCS(=O)(=O)Nc1cccc(C(=O)NC2(CC(=O)O)CCC2)c1. The zero-order valence-corrected chi connectivity index (χ0v) is 14.4. The third kappa shape index (κ3) is 4.70. The molecule has 132 valence electrons. The molecular weight excluding hydrogens is 332 g/mol. The molecule has 3 N–H and O–H groups in total. The molecule has 0 heterocycles. The summed E-state index contributed by atoms with van der Waals surface area (Å²) in [5.74, 6) is -1.34. The Morgan fingerprint density at radius 2 is 2.00 bits per heavy atom. The topological polar surface area (TPSA) is 113 Å². The molecule has 0 radical (unpaired) electrons. The number of hydrogen-bond acceptors (Lipinski definition) is 4. The second-order valence-electron chi connectivity index (χ2n) is 6.16. The minimum Gasteiger partial charge on any atom is -0.481 e. The van der Waals surface area contributed by atoms with Crippen LogP contribution in [0, 0.1) is 0 Å². The molecule has 0 spiro atoms. The Bertz CT molecular complexity index is 726. The number of amides is 1. The number of rotatable bonds is 8. The maximum absolute atomic E-state index is 12.4. The fraction of sp³-hybridized carbons (Fsp3) is 0.500. The number of carboxylic acids is 1. The van der Waals surface area contributed by atoms with Gasteiger partial charge in [0, 0.05) is 11.3 Å². The first-order valence-electron chi connectivity index (χ1n) is 7.90. The van der Waals surface area contributed by atoms with E-state index in [-0.39, 0.29) is 12.2 Å². The first-order valence-corrected chi connectivity index (χ1v) is 9.55. The number of sulfonamides is 1. The van der Waals surface area contributed by atoms with Crippen molar-refractivity contribution in [3.05, 3.63) is 29.8 Å². The van der Waals surface area contributed by atoms with Crippen LogP contribution in [0.1, 0.15) is 49.4 Å². The summed E-state index contributed by atoms with van der Waals surface area (Å²) in [6, 6.07) is 6.18. The highest BCUT2D eigenvalue weighted by Gasteiger charge is 2.40. The van der Waals surface area contributed by atoms with Crippen LogP contribution in [0.2, 0.25) is 0 Å². The Kier molecular flexibility index (Phi) is 5.48. The molecule has 1 aromatic rings. The third-order valence-corrected chi connectivity index (χ3v) is 5.54. The molecule has 1 aromatic carbocycles. The monoisotopic (exact) mass is 354 g/mol. The van der Waals surface area contributed by atoms with Gasteiger partial charge in [-0.1, -0.05) is 13.0 Å². The van der Waals surface area contributed by atoms with Crippen LogP contribution in [0.4, 0.5) is 5.69 Å². The van der Waals surface area contributed by atoms with E-state index in [4.69, 9.17) is 5.11 Å². The molecule has 1 aliphatic rings. The number of carboxylic acid groups (broad SMARTS) is 1. The van der Waals surface area contributed by atoms with Gasteiger partial charge in [0.15, 0.2) is 0 Å². The molecule has 0 aliphatic heterocycles. The predicted molar refractivity (Wildman–Crippen MR) is 90.4 cm³/mol. The van der Waals surface area contributed by atoms with Gasteiger partial charge in [0.1, 0.15) is 0 Å². The molecule has 1 fully saturated rings. The summed E-state index contributed by atoms with van der Waals surface area (Å²) in [7, 11) is -3.43. The molecule has 7 nitrogen and oxygen atoms in total. The lowest BCUT2D eigenvalue weighted by Crippen LogP contribution is -2.54. The zero-order chi connectivity index (χ0) is 17.8. The average molecular weight is 354 g/mol. The van der Waals surface area contributed by atoms with Crippen molar-refractivity contribution in [1.82, 2.24) is 5.32 Å². The maximum Gasteiger partial charge on any atom is 0.305 e. The van der Waals surface area contributed by atoms with Crippen LogP contribution in [-0.2, 0) is 14.8 Å². The molecule has 24 heavy (non-hydrogen) atoms. The van der Waals surface area contributed by atoms with E-state index in [1.807, 2.05) is 0 Å². The second kappa shape index (κ2) is 7.21. The van der Waals surface area contributed by atoms with Crippen LogP contribution in [0.3, 0.4) is 0 Å². The number of nitrogens with one attached hydrogen (secondary N) is 2. The number of hydrogen-bond donors (Lipinski definition) is 3. The summed E-state index contributed by atoms with van der Waals surface area (Å²) in [5.41, 5.74) is -0.0824. The predicted octanol–water partition coefficient (Wildman–Crippen LogP) is 1.97. The molecule has 1 saturated carbocycles. The lowest BCUT2D eigenvalue weighted by atomic mass is 9.74. The third-order valence-electron chi connectivity index (χ3n) is 4.05. The van der Waals surface area contributed by atoms with E-state index in [1.165, 1.54) is 6.07 Å². The van der Waals surface area contributed by atoms with Gasteiger partial charge in [0.2, 0.25) is 10.0 Å². The maximum atomic E-state index is 12.4. The van der Waals surface area contributed by atoms with E-state index in [0.29, 0.717) is 30.5 Å². The fourth-order valence-corrected chi connectivity index (χ4v) is 3.90. The molecule has 0 atom stereocenters. The van der Waals surface area contributed by atoms with Gasteiger partial charge in [-0.3, -0.25) is 14.3 Å². The summed E-state index contributed by atoms with van der Waals surface area (Å²) in [5, 5.41) is 11.8. The van der Waals surface area contributed by atoms with E-state index in [0.717, 1.165) is 6.42 Å². The lowest BCUT2D eigenvalue weighted by molar-refractivity contribution is -0.139. The normalized spacial score (nSPS) is 16.0. The molecule has 1 aliphatic carbocycles. The summed E-state index contributed by atoms with van der Waals surface area (Å²) >= 11 is 0. The molecule has 2 rings (SSSR count). The van der Waals surface area contributed by atoms with Crippen LogP contribution >= 0.6 is 0 Å². The number of carbonyl (C=O) groups excluding carboxylic acids is 1. The van der Waals surface area contributed by atoms with E-state index < -0.39 is 27.4 Å². The zero-order valence-electron chi connectivity index (χ0n) is 13.5. The Balaban J connectivity index is 2.10. The van der Waals surface area contributed by atoms with Crippen molar-refractivity contribution < 1.29 is 23.1 Å². The van der Waals surface area contributed by atoms with E-state index in [1.54, 1.807) is 25.1 Å². The molecule has 8 heteroatoms. The van der Waals surface area contributed by atoms with Crippen LogP contribution in [0.25, 0.3) is 0 Å². The minimum atomic E-state index is -3.43. The van der Waals surface area contributed by atoms with Crippen LogP contribution in [-0.4, -0.2) is 36.7 Å². The molecule has 0 bridgehead atoms. The van der Waals surface area contributed by atoms with Crippen LogP contribution in [0.15, 0.2) is 24.3 Å². The van der Waals surface area contributed by atoms with Crippen molar-refractivity contribution in [3.63, 3.8) is 0 Å². The van der Waals surface area contributed by atoms with Crippen molar-refractivity contribution in [1.29, 1.82) is 0 Å². The molecule has 0 unspecified atom stereocenters. The van der Waals surface area contributed by atoms with Crippen molar-refractivity contribution in [3.8, 4) is 0 Å². The van der Waals surface area contributed by atoms with E-state index in [2.05, 4.69) is 10.0 Å². The quantitative estimate of drug-likeness (QED) is 0.660. The van der Waals surface area contributed by atoms with Gasteiger partial charge in [-0.2, -0.15) is 0 Å². The Labute approximate surface area is 141 Å². The first-order chi connectivity index (χ1) is 11.3. The lowest BCUT2D eigenvalue weighted by Gasteiger charge is -2.41. The standard InChI is InChI=1S/C16H22N2O5S/c1-2-9-24(22,23)18-13-6-3-5-12(10-13)15(21)17-16(7-4-8-16)11-14(19)20/h3,5-6,10,18H,2,4,7-9,11H2,1H3,(H,17,21)(H,19,20). The van der Waals surface area contributed by atoms with Crippen molar-refractivity contribution in [2.24, 2.45) is 0 Å². The van der Waals surface area contributed by atoms with Crippen LogP contribution in [0.5, 0.6) is 0 Å². The largest absolute Gasteiger partial charge is 0.481 e. The van der Waals surface area contributed by atoms with E-state index in [9.17, 15) is 18.0 Å². The highest BCUT2D eigenvalue weighted by atomic mass is 32.2. The van der Waals surface area contributed by atoms with Gasteiger partial charge < -0.3 is 10.4 Å². The molecule has 1 amide bonds. The summed E-state index contributed by atoms with van der Waals surface area (Å²) < 4.78 is 26.1. The van der Waals surface area contributed by atoms with Gasteiger partial charge in [-0.25, -0.2) is 8.42 Å². The molecule has 0 aromatic heterocycles. The number of anilines is 1. The Morgan fingerprint density at radius 3 is 2.54 bits per heavy atom. The van der Waals surface area contributed by atoms with Crippen molar-refractivity contribution in [2.75, 3.05) is 10.5 Å². The van der Waals surface area contributed by atoms with Crippen molar-refractivity contribution in [2.45, 2.75) is 44.6 Å². The van der Waals surface area contributed by atoms with Crippen LogP contribution < -0.4 is 10.0 Å². The second-order valence-corrected chi connectivity index (χ2v) is 8.00. The van der Waals surface area contributed by atoms with Gasteiger partial charge in [0.05, 0.1) is 17.7 Å². The molecular formula is C16H22N2O5S. The molecule has 0 saturated heterocycles. The first kappa shape index (κ1) is 18.3. The Morgan fingerprint density at radius 1 is 1.29 bits per heavy atom. The number of carbonyl (C=O) groups is 2. The highest BCUT2D eigenvalue weighted by Crippen LogP contribution is 2.35. The summed E-state index contributed by atoms with van der Waals surface area (Å²) in [6.45, 7) is 1.77.